The summed E-state index contributed by atoms with van der Waals surface area (Å²) in [6, 6.07) is 12.5. The van der Waals surface area contributed by atoms with Gasteiger partial charge in [0.2, 0.25) is 5.91 Å². The van der Waals surface area contributed by atoms with Crippen molar-refractivity contribution in [2.45, 2.75) is 33.4 Å². The number of hydrogen-bond acceptors (Lipinski definition) is 5. The first-order valence-electron chi connectivity index (χ1n) is 11.4. The molecule has 1 atom stereocenters. The molecule has 2 aromatic carbocycles. The third kappa shape index (κ3) is 5.53. The Morgan fingerprint density at radius 3 is 2.31 bits per heavy atom. The minimum absolute atomic E-state index is 0.0814. The SMILES string of the molecule is CC(C)(C)[C@H](NC(=O)c1nn(Cc2ccc(F)cc2)c2ccccc12)C(=O)N1CCS(=O)(=O)CC1. The van der Waals surface area contributed by atoms with Gasteiger partial charge >= 0.3 is 0 Å². The Balaban J connectivity index is 1.61. The Labute approximate surface area is 204 Å². The van der Waals surface area contributed by atoms with E-state index in [-0.39, 0.29) is 42.0 Å². The highest BCUT2D eigenvalue weighted by Gasteiger charge is 2.38. The van der Waals surface area contributed by atoms with Crippen LogP contribution in [-0.4, -0.2) is 65.5 Å². The molecule has 1 aliphatic heterocycles. The standard InChI is InChI=1S/C25H29FN4O4S/c1-25(2,3)22(24(32)29-12-14-35(33,34)15-13-29)27-23(31)21-19-6-4-5-7-20(19)30(28-21)16-17-8-10-18(26)11-9-17/h4-11,22H,12-16H2,1-3H3,(H,27,31)/t22-/m1/s1. The number of nitrogens with zero attached hydrogens (tertiary/aromatic N) is 3. The molecule has 2 heterocycles. The fraction of sp³-hybridized carbons (Fsp3) is 0.400. The Bertz CT molecular complexity index is 1350. The molecule has 10 heteroatoms. The van der Waals surface area contributed by atoms with Crippen molar-refractivity contribution in [1.29, 1.82) is 0 Å². The highest BCUT2D eigenvalue weighted by molar-refractivity contribution is 7.91. The number of halogens is 1. The Morgan fingerprint density at radius 2 is 1.69 bits per heavy atom. The third-order valence-corrected chi connectivity index (χ3v) is 7.77. The summed E-state index contributed by atoms with van der Waals surface area (Å²) in [5.74, 6) is -1.29. The van der Waals surface area contributed by atoms with Gasteiger partial charge in [0.05, 0.1) is 23.6 Å². The minimum Gasteiger partial charge on any atom is -0.339 e. The summed E-state index contributed by atoms with van der Waals surface area (Å²) in [5.41, 5.74) is 1.14. The number of aromatic nitrogens is 2. The number of hydrogen-bond donors (Lipinski definition) is 1. The molecule has 0 radical (unpaired) electrons. The second-order valence-corrected chi connectivity index (χ2v) is 12.2. The number of carbonyl (C=O) groups excluding carboxylic acids is 2. The zero-order valence-electron chi connectivity index (χ0n) is 20.0. The van der Waals surface area contributed by atoms with Gasteiger partial charge in [-0.25, -0.2) is 12.8 Å². The molecule has 1 aliphatic rings. The van der Waals surface area contributed by atoms with Crippen LogP contribution < -0.4 is 5.32 Å². The van der Waals surface area contributed by atoms with E-state index in [0.717, 1.165) is 11.1 Å². The number of carbonyl (C=O) groups is 2. The topological polar surface area (TPSA) is 101 Å². The highest BCUT2D eigenvalue weighted by atomic mass is 32.2. The zero-order chi connectivity index (χ0) is 25.4. The summed E-state index contributed by atoms with van der Waals surface area (Å²) >= 11 is 0. The lowest BCUT2D eigenvalue weighted by atomic mass is 9.85. The summed E-state index contributed by atoms with van der Waals surface area (Å²) in [7, 11) is -3.14. The molecule has 0 saturated carbocycles. The van der Waals surface area contributed by atoms with Gasteiger partial charge in [0.1, 0.15) is 11.9 Å². The Kier molecular flexibility index (Phi) is 6.68. The van der Waals surface area contributed by atoms with E-state index in [1.54, 1.807) is 22.9 Å². The van der Waals surface area contributed by atoms with E-state index < -0.39 is 27.2 Å². The van der Waals surface area contributed by atoms with Gasteiger partial charge in [-0.05, 0) is 29.2 Å². The van der Waals surface area contributed by atoms with Gasteiger partial charge in [0.15, 0.2) is 15.5 Å². The maximum absolute atomic E-state index is 13.4. The van der Waals surface area contributed by atoms with E-state index in [2.05, 4.69) is 10.4 Å². The fourth-order valence-corrected chi connectivity index (χ4v) is 5.34. The van der Waals surface area contributed by atoms with Crippen molar-refractivity contribution >= 4 is 32.6 Å². The molecule has 1 saturated heterocycles. The molecule has 8 nitrogen and oxygen atoms in total. The number of nitrogens with one attached hydrogen (secondary N) is 1. The summed E-state index contributed by atoms with van der Waals surface area (Å²) in [4.78, 5) is 28.2. The van der Waals surface area contributed by atoms with E-state index in [4.69, 9.17) is 0 Å². The van der Waals surface area contributed by atoms with Crippen molar-refractivity contribution in [3.05, 3.63) is 65.6 Å². The first-order valence-corrected chi connectivity index (χ1v) is 13.3. The zero-order valence-corrected chi connectivity index (χ0v) is 20.8. The number of sulfone groups is 1. The van der Waals surface area contributed by atoms with E-state index in [9.17, 15) is 22.4 Å². The second kappa shape index (κ2) is 9.41. The number of fused-ring (bicyclic) bond motifs is 1. The van der Waals surface area contributed by atoms with Crippen molar-refractivity contribution in [3.8, 4) is 0 Å². The number of amides is 2. The minimum atomic E-state index is -3.14. The average Bonchev–Trinajstić information content (AvgIpc) is 3.16. The maximum Gasteiger partial charge on any atom is 0.273 e. The van der Waals surface area contributed by atoms with Crippen LogP contribution in [0, 0.1) is 11.2 Å². The predicted molar refractivity (Wildman–Crippen MR) is 131 cm³/mol. The molecule has 0 aliphatic carbocycles. The van der Waals surface area contributed by atoms with E-state index in [1.807, 2.05) is 39.0 Å². The first-order chi connectivity index (χ1) is 16.4. The lowest BCUT2D eigenvalue weighted by Crippen LogP contribution is -2.57. The lowest BCUT2D eigenvalue weighted by Gasteiger charge is -2.36. The van der Waals surface area contributed by atoms with Crippen molar-refractivity contribution in [3.63, 3.8) is 0 Å². The molecule has 0 unspecified atom stereocenters. The van der Waals surface area contributed by atoms with E-state index in [0.29, 0.717) is 11.9 Å². The molecule has 186 valence electrons. The van der Waals surface area contributed by atoms with E-state index in [1.165, 1.54) is 17.0 Å². The van der Waals surface area contributed by atoms with Crippen molar-refractivity contribution in [2.24, 2.45) is 5.41 Å². The third-order valence-electron chi connectivity index (χ3n) is 6.16. The van der Waals surface area contributed by atoms with Crippen LogP contribution in [0.2, 0.25) is 0 Å². The van der Waals surface area contributed by atoms with Crippen LogP contribution in [-0.2, 0) is 21.2 Å². The molecule has 1 fully saturated rings. The average molecular weight is 501 g/mol. The Hall–Kier alpha value is -3.27. The second-order valence-electron chi connectivity index (χ2n) is 9.90. The van der Waals surface area contributed by atoms with Crippen LogP contribution in [0.1, 0.15) is 36.8 Å². The van der Waals surface area contributed by atoms with Gasteiger partial charge in [0.25, 0.3) is 5.91 Å². The van der Waals surface area contributed by atoms with Gasteiger partial charge in [0, 0.05) is 18.5 Å². The Morgan fingerprint density at radius 1 is 1.06 bits per heavy atom. The van der Waals surface area contributed by atoms with Crippen molar-refractivity contribution in [1.82, 2.24) is 20.0 Å². The molecule has 35 heavy (non-hydrogen) atoms. The first kappa shape index (κ1) is 24.8. The smallest absolute Gasteiger partial charge is 0.273 e. The van der Waals surface area contributed by atoms with Crippen LogP contribution >= 0.6 is 0 Å². The van der Waals surface area contributed by atoms with Gasteiger partial charge < -0.3 is 10.2 Å². The van der Waals surface area contributed by atoms with Crippen LogP contribution in [0.4, 0.5) is 4.39 Å². The summed E-state index contributed by atoms with van der Waals surface area (Å²) in [5, 5.41) is 8.04. The summed E-state index contributed by atoms with van der Waals surface area (Å²) in [6.45, 7) is 6.11. The van der Waals surface area contributed by atoms with E-state index >= 15 is 0 Å². The number of benzene rings is 2. The van der Waals surface area contributed by atoms with Gasteiger partial charge in [-0.15, -0.1) is 0 Å². The largest absolute Gasteiger partial charge is 0.339 e. The molecule has 0 spiro atoms. The van der Waals surface area contributed by atoms with Crippen LogP contribution in [0.5, 0.6) is 0 Å². The summed E-state index contributed by atoms with van der Waals surface area (Å²) < 4.78 is 38.6. The monoisotopic (exact) mass is 500 g/mol. The normalized spacial score (nSPS) is 16.7. The predicted octanol–water partition coefficient (Wildman–Crippen LogP) is 2.63. The van der Waals surface area contributed by atoms with Crippen LogP contribution in [0.3, 0.4) is 0 Å². The lowest BCUT2D eigenvalue weighted by molar-refractivity contribution is -0.135. The maximum atomic E-state index is 13.4. The van der Waals surface area contributed by atoms with Gasteiger partial charge in [-0.3, -0.25) is 14.3 Å². The molecular formula is C25H29FN4O4S. The number of rotatable bonds is 5. The number of para-hydroxylation sites is 1. The molecule has 2 amide bonds. The molecule has 0 bridgehead atoms. The van der Waals surface area contributed by atoms with Gasteiger partial charge in [-0.2, -0.15) is 5.10 Å². The summed E-state index contributed by atoms with van der Waals surface area (Å²) in [6.07, 6.45) is 0. The quantitative estimate of drug-likeness (QED) is 0.580. The van der Waals surface area contributed by atoms with Crippen LogP contribution in [0.25, 0.3) is 10.9 Å². The van der Waals surface area contributed by atoms with Crippen molar-refractivity contribution < 1.29 is 22.4 Å². The molecular weight excluding hydrogens is 471 g/mol. The molecule has 3 aromatic rings. The molecule has 1 N–H and O–H groups in total. The molecule has 1 aromatic heterocycles. The van der Waals surface area contributed by atoms with Crippen molar-refractivity contribution in [2.75, 3.05) is 24.6 Å². The fourth-order valence-electron chi connectivity index (χ4n) is 4.14. The highest BCUT2D eigenvalue weighted by Crippen LogP contribution is 2.24. The molecule has 4 rings (SSSR count). The van der Waals surface area contributed by atoms with Gasteiger partial charge in [-0.1, -0.05) is 51.1 Å². The van der Waals surface area contributed by atoms with Crippen LogP contribution in [0.15, 0.2) is 48.5 Å².